The smallest absolute Gasteiger partial charge is 0.254 e. The number of carbonyl (C=O) groups excluding carboxylic acids is 1. The highest BCUT2D eigenvalue weighted by molar-refractivity contribution is 5.96. The lowest BCUT2D eigenvalue weighted by Gasteiger charge is -2.09. The van der Waals surface area contributed by atoms with Gasteiger partial charge in [-0.25, -0.2) is 4.39 Å². The maximum Gasteiger partial charge on any atom is 0.254 e. The minimum atomic E-state index is -0.764. The molecular formula is C10H10FNO2. The van der Waals surface area contributed by atoms with Crippen LogP contribution in [-0.4, -0.2) is 17.6 Å². The average molecular weight is 195 g/mol. The molecule has 1 amide bonds. The largest absolute Gasteiger partial charge is 0.388 e. The Morgan fingerprint density at radius 3 is 3.07 bits per heavy atom. The van der Waals surface area contributed by atoms with Crippen LogP contribution < -0.4 is 5.32 Å². The Balaban J connectivity index is 2.59. The zero-order chi connectivity index (χ0) is 10.1. The van der Waals surface area contributed by atoms with E-state index >= 15 is 0 Å². The van der Waals surface area contributed by atoms with Gasteiger partial charge < -0.3 is 10.4 Å². The molecule has 1 aromatic rings. The fraction of sp³-hybridized carbons (Fsp3) is 0.300. The van der Waals surface area contributed by atoms with Crippen LogP contribution in [0.5, 0.6) is 0 Å². The fourth-order valence-electron chi connectivity index (χ4n) is 1.62. The molecule has 2 rings (SSSR count). The molecule has 0 spiro atoms. The predicted octanol–water partition coefficient (Wildman–Crippen LogP) is 0.993. The van der Waals surface area contributed by atoms with Crippen molar-refractivity contribution in [1.82, 2.24) is 5.32 Å². The van der Waals surface area contributed by atoms with Crippen LogP contribution in [0.2, 0.25) is 0 Å². The molecule has 0 aromatic heterocycles. The van der Waals surface area contributed by atoms with Crippen molar-refractivity contribution in [3.05, 3.63) is 35.1 Å². The quantitative estimate of drug-likeness (QED) is 0.648. The van der Waals surface area contributed by atoms with E-state index in [4.69, 9.17) is 0 Å². The van der Waals surface area contributed by atoms with Gasteiger partial charge in [0.2, 0.25) is 0 Å². The lowest BCUT2D eigenvalue weighted by Crippen LogP contribution is -2.23. The van der Waals surface area contributed by atoms with Crippen LogP contribution in [0, 0.1) is 5.82 Å². The number of benzene rings is 1. The summed E-state index contributed by atoms with van der Waals surface area (Å²) < 4.78 is 13.3. The first-order valence-electron chi connectivity index (χ1n) is 4.45. The summed E-state index contributed by atoms with van der Waals surface area (Å²) in [5.74, 6) is -1.03. The van der Waals surface area contributed by atoms with Crippen LogP contribution in [0.4, 0.5) is 4.39 Å². The Morgan fingerprint density at radius 2 is 2.29 bits per heavy atom. The van der Waals surface area contributed by atoms with E-state index in [9.17, 15) is 14.3 Å². The third kappa shape index (κ3) is 1.37. The van der Waals surface area contributed by atoms with Crippen LogP contribution in [0.1, 0.15) is 28.4 Å². The van der Waals surface area contributed by atoms with Crippen molar-refractivity contribution < 1.29 is 14.3 Å². The van der Waals surface area contributed by atoms with Gasteiger partial charge in [-0.15, -0.1) is 0 Å². The highest BCUT2D eigenvalue weighted by Gasteiger charge is 2.24. The van der Waals surface area contributed by atoms with Gasteiger partial charge in [0.25, 0.3) is 5.91 Å². The third-order valence-corrected chi connectivity index (χ3v) is 2.34. The van der Waals surface area contributed by atoms with Gasteiger partial charge in [-0.05, 0) is 18.1 Å². The monoisotopic (exact) mass is 195 g/mol. The van der Waals surface area contributed by atoms with Gasteiger partial charge in [0.05, 0.1) is 11.7 Å². The number of halogens is 1. The first-order valence-corrected chi connectivity index (χ1v) is 4.45. The van der Waals surface area contributed by atoms with E-state index in [1.165, 1.54) is 12.1 Å². The van der Waals surface area contributed by atoms with Gasteiger partial charge in [0.1, 0.15) is 5.82 Å². The van der Waals surface area contributed by atoms with Crippen LogP contribution in [0.15, 0.2) is 18.2 Å². The molecule has 1 unspecified atom stereocenters. The van der Waals surface area contributed by atoms with Crippen LogP contribution in [0.25, 0.3) is 0 Å². The molecule has 2 N–H and O–H groups in total. The van der Waals surface area contributed by atoms with Crippen molar-refractivity contribution in [2.45, 2.75) is 12.5 Å². The Labute approximate surface area is 80.6 Å². The van der Waals surface area contributed by atoms with E-state index in [1.807, 2.05) is 0 Å². The maximum atomic E-state index is 13.3. The van der Waals surface area contributed by atoms with E-state index in [-0.39, 0.29) is 5.56 Å². The van der Waals surface area contributed by atoms with Crippen LogP contribution >= 0.6 is 0 Å². The van der Waals surface area contributed by atoms with Crippen molar-refractivity contribution in [3.8, 4) is 0 Å². The molecule has 0 aliphatic carbocycles. The second kappa shape index (κ2) is 3.38. The van der Waals surface area contributed by atoms with E-state index < -0.39 is 17.8 Å². The molecule has 1 aromatic carbocycles. The summed E-state index contributed by atoms with van der Waals surface area (Å²) in [6.07, 6.45) is -0.345. The van der Waals surface area contributed by atoms with Crippen molar-refractivity contribution in [2.24, 2.45) is 0 Å². The molecule has 1 atom stereocenters. The number of hydrogen-bond acceptors (Lipinski definition) is 2. The second-order valence-corrected chi connectivity index (χ2v) is 3.26. The molecule has 0 saturated carbocycles. The third-order valence-electron chi connectivity index (χ3n) is 2.34. The van der Waals surface area contributed by atoms with E-state index in [2.05, 4.69) is 5.32 Å². The molecule has 3 nitrogen and oxygen atoms in total. The summed E-state index contributed by atoms with van der Waals surface area (Å²) in [6, 6.07) is 4.29. The van der Waals surface area contributed by atoms with Gasteiger partial charge >= 0.3 is 0 Å². The number of amides is 1. The lowest BCUT2D eigenvalue weighted by atomic mass is 10.0. The molecule has 0 radical (unpaired) electrons. The fourth-order valence-corrected chi connectivity index (χ4v) is 1.62. The number of nitrogens with one attached hydrogen (secondary N) is 1. The van der Waals surface area contributed by atoms with Crippen molar-refractivity contribution >= 4 is 5.91 Å². The van der Waals surface area contributed by atoms with E-state index in [1.54, 1.807) is 6.07 Å². The highest BCUT2D eigenvalue weighted by Crippen LogP contribution is 2.24. The first-order chi connectivity index (χ1) is 6.70. The Hall–Kier alpha value is -1.42. The van der Waals surface area contributed by atoms with Crippen molar-refractivity contribution in [3.63, 3.8) is 0 Å². The summed E-state index contributed by atoms with van der Waals surface area (Å²) in [5, 5.41) is 12.2. The minimum Gasteiger partial charge on any atom is -0.388 e. The number of aliphatic hydroxyl groups is 1. The summed E-state index contributed by atoms with van der Waals surface area (Å²) in [7, 11) is 0. The maximum absolute atomic E-state index is 13.3. The van der Waals surface area contributed by atoms with Crippen molar-refractivity contribution in [2.75, 3.05) is 6.54 Å². The van der Waals surface area contributed by atoms with Gasteiger partial charge in [0.15, 0.2) is 0 Å². The molecule has 0 saturated heterocycles. The van der Waals surface area contributed by atoms with Gasteiger partial charge in [-0.1, -0.05) is 12.1 Å². The topological polar surface area (TPSA) is 49.3 Å². The molecule has 0 fully saturated rings. The zero-order valence-corrected chi connectivity index (χ0v) is 7.46. The van der Waals surface area contributed by atoms with Gasteiger partial charge in [0, 0.05) is 6.54 Å². The SMILES string of the molecule is O=C1NCCC(O)c2cccc(F)c21. The molecular weight excluding hydrogens is 185 g/mol. The number of fused-ring (bicyclic) bond motifs is 1. The first kappa shape index (κ1) is 9.15. The molecule has 14 heavy (non-hydrogen) atoms. The molecule has 74 valence electrons. The Bertz CT molecular complexity index is 378. The standard InChI is InChI=1S/C10H10FNO2/c11-7-3-1-2-6-8(13)4-5-12-10(14)9(6)7/h1-3,8,13H,4-5H2,(H,12,14). The van der Waals surface area contributed by atoms with Crippen LogP contribution in [-0.2, 0) is 0 Å². The summed E-state index contributed by atoms with van der Waals surface area (Å²) >= 11 is 0. The average Bonchev–Trinajstić information content (AvgIpc) is 2.29. The molecule has 0 bridgehead atoms. The Morgan fingerprint density at radius 1 is 1.50 bits per heavy atom. The second-order valence-electron chi connectivity index (χ2n) is 3.26. The molecule has 1 aliphatic heterocycles. The molecule has 1 aliphatic rings. The summed E-state index contributed by atoms with van der Waals surface area (Å²) in [5.41, 5.74) is 0.345. The normalized spacial score (nSPS) is 21.0. The van der Waals surface area contributed by atoms with E-state index in [0.717, 1.165) is 0 Å². The van der Waals surface area contributed by atoms with E-state index in [0.29, 0.717) is 18.5 Å². The van der Waals surface area contributed by atoms with Crippen molar-refractivity contribution in [1.29, 1.82) is 0 Å². The Kier molecular flexibility index (Phi) is 2.21. The number of carbonyl (C=O) groups is 1. The number of aliphatic hydroxyl groups excluding tert-OH is 1. The number of rotatable bonds is 0. The zero-order valence-electron chi connectivity index (χ0n) is 7.46. The van der Waals surface area contributed by atoms with Gasteiger partial charge in [-0.3, -0.25) is 4.79 Å². The predicted molar refractivity (Wildman–Crippen MR) is 48.3 cm³/mol. The number of hydrogen-bond donors (Lipinski definition) is 2. The summed E-state index contributed by atoms with van der Waals surface area (Å²) in [4.78, 5) is 11.4. The van der Waals surface area contributed by atoms with Gasteiger partial charge in [-0.2, -0.15) is 0 Å². The lowest BCUT2D eigenvalue weighted by molar-refractivity contribution is 0.0952. The summed E-state index contributed by atoms with van der Waals surface area (Å²) in [6.45, 7) is 0.369. The molecule has 4 heteroatoms. The minimum absolute atomic E-state index is 0.0301. The van der Waals surface area contributed by atoms with Crippen LogP contribution in [0.3, 0.4) is 0 Å². The molecule has 1 heterocycles. The highest BCUT2D eigenvalue weighted by atomic mass is 19.1.